The predicted molar refractivity (Wildman–Crippen MR) is 157 cm³/mol. The number of ether oxygens (including phenoxy) is 4. The highest BCUT2D eigenvalue weighted by Gasteiger charge is 2.42. The molecule has 1 saturated heterocycles. The van der Waals surface area contributed by atoms with Crippen LogP contribution in [0.2, 0.25) is 0 Å². The maximum atomic E-state index is 9.12. The van der Waals surface area contributed by atoms with Crippen molar-refractivity contribution < 1.29 is 63.7 Å². The molecule has 5 atom stereocenters. The zero-order valence-corrected chi connectivity index (χ0v) is 25.1. The molecule has 1 aliphatic rings. The van der Waals surface area contributed by atoms with Crippen molar-refractivity contribution >= 4 is 36.2 Å². The summed E-state index contributed by atoms with van der Waals surface area (Å²) >= 11 is 0. The minimum Gasteiger partial charge on any atom is -0.493 e. The van der Waals surface area contributed by atoms with Crippen molar-refractivity contribution in [1.29, 1.82) is 0 Å². The molecule has 4 rings (SSSR count). The van der Waals surface area contributed by atoms with E-state index in [9.17, 15) is 0 Å². The topological polar surface area (TPSA) is 306 Å². The van der Waals surface area contributed by atoms with E-state index in [1.54, 1.807) is 21.3 Å². The van der Waals surface area contributed by atoms with Crippen LogP contribution in [0.15, 0.2) is 24.3 Å². The van der Waals surface area contributed by atoms with Gasteiger partial charge in [-0.1, -0.05) is 6.07 Å². The van der Waals surface area contributed by atoms with Crippen LogP contribution < -0.4 is 31.0 Å². The van der Waals surface area contributed by atoms with Gasteiger partial charge in [-0.25, -0.2) is 9.55 Å². The standard InChI is InChI=1S/C19H23N5O3.C6H12O6.H3O4P/c1-10-11(5-6-13-16(10)18(20)24-19(21)23-13)9-22-12-7-14(25-2)17(27-4)15(8-12)26-3;7-1-2-3(8)4(9)5(10)6(11)12-2;1-5(2,3)4/h5-8,22H,9H2,1-4H3,(H4,20,21,23,24);2-11H,1H2;(H3,1,2,3,4)/t;2-,3-,4+,5-,6?;/m.1./s1. The SMILES string of the molecule is COc1cc(NCc2ccc3nc(N)nc(N)c3c2C)cc(OC)c1OC.O=P(O)(O)O.OC[C@H]1OC(O)[C@H](O)[C@@H](O)[C@@H]1O. The molecule has 44 heavy (non-hydrogen) atoms. The minimum atomic E-state index is -4.64. The first-order chi connectivity index (χ1) is 20.6. The first-order valence-corrected chi connectivity index (χ1v) is 14.2. The summed E-state index contributed by atoms with van der Waals surface area (Å²) in [6, 6.07) is 7.60. The molecule has 18 nitrogen and oxygen atoms in total. The van der Waals surface area contributed by atoms with Crippen LogP contribution >= 0.6 is 7.82 Å². The Kier molecular flexibility index (Phi) is 13.3. The second-order valence-electron chi connectivity index (χ2n) is 9.21. The van der Waals surface area contributed by atoms with E-state index >= 15 is 0 Å². The first-order valence-electron chi connectivity index (χ1n) is 12.7. The summed E-state index contributed by atoms with van der Waals surface area (Å²) in [5, 5.41) is 48.8. The highest BCUT2D eigenvalue weighted by atomic mass is 31.2. The molecule has 0 bridgehead atoms. The Balaban J connectivity index is 0.000000328. The molecule has 1 aliphatic heterocycles. The summed E-state index contributed by atoms with van der Waals surface area (Å²) in [7, 11) is 0.108. The van der Waals surface area contributed by atoms with Crippen molar-refractivity contribution in [1.82, 2.24) is 9.97 Å². The van der Waals surface area contributed by atoms with Crippen LogP contribution in [-0.4, -0.2) is 109 Å². The molecule has 19 heteroatoms. The number of anilines is 3. The van der Waals surface area contributed by atoms with Gasteiger partial charge in [-0.15, -0.1) is 0 Å². The molecule has 0 aliphatic carbocycles. The number of aliphatic hydroxyl groups excluding tert-OH is 5. The van der Waals surface area contributed by atoms with E-state index in [1.807, 2.05) is 31.2 Å². The molecule has 0 spiro atoms. The molecule has 0 radical (unpaired) electrons. The van der Waals surface area contributed by atoms with Gasteiger partial charge in [-0.2, -0.15) is 4.98 Å². The number of rotatable bonds is 7. The number of nitrogens with one attached hydrogen (secondary N) is 1. The van der Waals surface area contributed by atoms with Crippen LogP contribution in [0.5, 0.6) is 17.2 Å². The average Bonchev–Trinajstić information content (AvgIpc) is 2.96. The van der Waals surface area contributed by atoms with Crippen molar-refractivity contribution in [3.05, 3.63) is 35.4 Å². The van der Waals surface area contributed by atoms with Crippen LogP contribution in [0, 0.1) is 6.92 Å². The predicted octanol–water partition coefficient (Wildman–Crippen LogP) is -1.41. The van der Waals surface area contributed by atoms with E-state index in [0.717, 1.165) is 27.7 Å². The number of nitrogens with zero attached hydrogens (tertiary/aromatic N) is 2. The average molecular weight is 648 g/mol. The van der Waals surface area contributed by atoms with Gasteiger partial charge in [-0.3, -0.25) is 0 Å². The largest absolute Gasteiger partial charge is 0.493 e. The van der Waals surface area contributed by atoms with Gasteiger partial charge in [0.25, 0.3) is 0 Å². The lowest BCUT2D eigenvalue weighted by atomic mass is 10.00. The second kappa shape index (κ2) is 16.0. The number of aryl methyl sites for hydroxylation is 1. The minimum absolute atomic E-state index is 0.169. The number of benzene rings is 2. The molecule has 2 aromatic carbocycles. The molecule has 1 fully saturated rings. The zero-order valence-electron chi connectivity index (χ0n) is 24.2. The molecule has 13 N–H and O–H groups in total. The third-order valence-corrected chi connectivity index (χ3v) is 6.30. The number of hydrogen-bond donors (Lipinski definition) is 11. The number of fused-ring (bicyclic) bond motifs is 1. The van der Waals surface area contributed by atoms with Crippen molar-refractivity contribution in [2.24, 2.45) is 0 Å². The molecule has 1 unspecified atom stereocenters. The fourth-order valence-electron chi connectivity index (χ4n) is 4.14. The molecular formula is C25H38N5O13P. The lowest BCUT2D eigenvalue weighted by Gasteiger charge is -2.37. The van der Waals surface area contributed by atoms with Crippen LogP contribution in [0.1, 0.15) is 11.1 Å². The Morgan fingerprint density at radius 1 is 0.932 bits per heavy atom. The van der Waals surface area contributed by atoms with E-state index in [4.69, 9.17) is 70.5 Å². The number of methoxy groups -OCH3 is 3. The summed E-state index contributed by atoms with van der Waals surface area (Å²) in [4.78, 5) is 29.9. The maximum absolute atomic E-state index is 9.12. The lowest BCUT2D eigenvalue weighted by Crippen LogP contribution is -2.58. The van der Waals surface area contributed by atoms with Gasteiger partial charge in [0, 0.05) is 29.8 Å². The number of phosphoric acid groups is 1. The Labute approximate surface area is 251 Å². The van der Waals surface area contributed by atoms with Gasteiger partial charge in [0.2, 0.25) is 11.7 Å². The maximum Gasteiger partial charge on any atom is 0.466 e. The van der Waals surface area contributed by atoms with Gasteiger partial charge in [0.05, 0.1) is 33.5 Å². The van der Waals surface area contributed by atoms with Gasteiger partial charge in [-0.05, 0) is 24.1 Å². The molecule has 2 heterocycles. The van der Waals surface area contributed by atoms with Crippen LogP contribution in [0.25, 0.3) is 10.9 Å². The third kappa shape index (κ3) is 9.73. The fraction of sp³-hybridized carbons (Fsp3) is 0.440. The summed E-state index contributed by atoms with van der Waals surface area (Å²) in [5.74, 6) is 2.27. The lowest BCUT2D eigenvalue weighted by molar-refractivity contribution is -0.286. The quantitative estimate of drug-likeness (QED) is 0.131. The van der Waals surface area contributed by atoms with Gasteiger partial charge < -0.3 is 75.9 Å². The van der Waals surface area contributed by atoms with Crippen molar-refractivity contribution in [3.63, 3.8) is 0 Å². The van der Waals surface area contributed by atoms with E-state index in [2.05, 4.69) is 20.0 Å². The molecule has 0 amide bonds. The van der Waals surface area contributed by atoms with Crippen LogP contribution in [0.4, 0.5) is 17.5 Å². The van der Waals surface area contributed by atoms with E-state index < -0.39 is 45.1 Å². The molecule has 1 aromatic heterocycles. The van der Waals surface area contributed by atoms with E-state index in [-0.39, 0.29) is 5.95 Å². The van der Waals surface area contributed by atoms with Crippen molar-refractivity contribution in [2.75, 3.05) is 44.7 Å². The van der Waals surface area contributed by atoms with Crippen molar-refractivity contribution in [3.8, 4) is 17.2 Å². The summed E-state index contributed by atoms with van der Waals surface area (Å²) < 4.78 is 29.6. The highest BCUT2D eigenvalue weighted by molar-refractivity contribution is 7.45. The Morgan fingerprint density at radius 3 is 2.00 bits per heavy atom. The monoisotopic (exact) mass is 647 g/mol. The van der Waals surface area contributed by atoms with E-state index in [1.165, 1.54) is 0 Å². The second-order valence-corrected chi connectivity index (χ2v) is 10.2. The number of aliphatic hydroxyl groups is 5. The molecule has 3 aromatic rings. The normalized spacial score (nSPS) is 21.3. The van der Waals surface area contributed by atoms with E-state index in [0.29, 0.717) is 29.6 Å². The molecule has 246 valence electrons. The van der Waals surface area contributed by atoms with Crippen LogP contribution in [0.3, 0.4) is 0 Å². The molecular weight excluding hydrogens is 609 g/mol. The third-order valence-electron chi connectivity index (χ3n) is 6.30. The van der Waals surface area contributed by atoms with Gasteiger partial charge >= 0.3 is 7.82 Å². The van der Waals surface area contributed by atoms with Gasteiger partial charge in [0.15, 0.2) is 17.8 Å². The smallest absolute Gasteiger partial charge is 0.466 e. The summed E-state index contributed by atoms with van der Waals surface area (Å²) in [5.41, 5.74) is 15.4. The van der Waals surface area contributed by atoms with Crippen molar-refractivity contribution in [2.45, 2.75) is 44.2 Å². The zero-order chi connectivity index (χ0) is 33.4. The number of aromatic nitrogens is 2. The first kappa shape index (κ1) is 36.6. The highest BCUT2D eigenvalue weighted by Crippen LogP contribution is 2.40. The number of nitrogen functional groups attached to an aromatic ring is 2. The van der Waals surface area contributed by atoms with Crippen LogP contribution in [-0.2, 0) is 15.8 Å². The number of hydrogen-bond acceptors (Lipinski definition) is 15. The Bertz CT molecular complexity index is 1410. The summed E-state index contributed by atoms with van der Waals surface area (Å²) in [6.45, 7) is 2.04. The number of nitrogens with two attached hydrogens (primary N) is 2. The summed E-state index contributed by atoms with van der Waals surface area (Å²) in [6.07, 6.45) is -7.04. The Hall–Kier alpha value is -3.55. The Morgan fingerprint density at radius 2 is 1.50 bits per heavy atom. The fourth-order valence-corrected chi connectivity index (χ4v) is 4.14. The van der Waals surface area contributed by atoms with Gasteiger partial charge in [0.1, 0.15) is 30.2 Å². The molecule has 0 saturated carbocycles.